The van der Waals surface area contributed by atoms with Crippen molar-refractivity contribution in [1.29, 1.82) is 0 Å². The highest BCUT2D eigenvalue weighted by molar-refractivity contribution is 7.17. The number of aromatic carboxylic acids is 1. The summed E-state index contributed by atoms with van der Waals surface area (Å²) in [5.41, 5.74) is 2.20. The fourth-order valence-electron chi connectivity index (χ4n) is 3.23. The maximum Gasteiger partial charge on any atom is 0.347 e. The highest BCUT2D eigenvalue weighted by Gasteiger charge is 2.25. The predicted octanol–water partition coefficient (Wildman–Crippen LogP) is 3.10. The number of hydrogen-bond acceptors (Lipinski definition) is 5. The van der Waals surface area contributed by atoms with E-state index < -0.39 is 5.97 Å². The lowest BCUT2D eigenvalue weighted by molar-refractivity contribution is 0.0702. The van der Waals surface area contributed by atoms with Gasteiger partial charge >= 0.3 is 5.97 Å². The Morgan fingerprint density at radius 2 is 2.35 bits per heavy atom. The summed E-state index contributed by atoms with van der Waals surface area (Å²) in [5, 5.41) is 11.0. The second-order valence-electron chi connectivity index (χ2n) is 5.74. The van der Waals surface area contributed by atoms with Gasteiger partial charge in [0.05, 0.1) is 6.20 Å². The first-order chi connectivity index (χ1) is 11.2. The van der Waals surface area contributed by atoms with Gasteiger partial charge in [0.25, 0.3) is 0 Å². The Morgan fingerprint density at radius 3 is 3.17 bits per heavy atom. The van der Waals surface area contributed by atoms with Gasteiger partial charge in [0.15, 0.2) is 5.13 Å². The molecule has 0 radical (unpaired) electrons. The van der Waals surface area contributed by atoms with Crippen molar-refractivity contribution in [1.82, 2.24) is 15.0 Å². The Hall–Kier alpha value is -2.41. The Balaban J connectivity index is 1.60. The number of thiazole rings is 1. The maximum absolute atomic E-state index is 11.0. The molecule has 0 spiro atoms. The van der Waals surface area contributed by atoms with Gasteiger partial charge in [-0.15, -0.1) is 0 Å². The molecule has 4 rings (SSSR count). The number of nitrogens with one attached hydrogen (secondary N) is 1. The lowest BCUT2D eigenvalue weighted by Crippen LogP contribution is -2.34. The third kappa shape index (κ3) is 2.57. The van der Waals surface area contributed by atoms with Crippen molar-refractivity contribution < 1.29 is 9.90 Å². The quantitative estimate of drug-likeness (QED) is 0.772. The fraction of sp³-hybridized carbons (Fsp3) is 0.312. The zero-order chi connectivity index (χ0) is 15.8. The van der Waals surface area contributed by atoms with E-state index in [2.05, 4.69) is 32.1 Å². The van der Waals surface area contributed by atoms with E-state index >= 15 is 0 Å². The van der Waals surface area contributed by atoms with E-state index in [4.69, 9.17) is 5.11 Å². The second-order valence-corrected chi connectivity index (χ2v) is 6.75. The highest BCUT2D eigenvalue weighted by Crippen LogP contribution is 2.34. The molecule has 6 nitrogen and oxygen atoms in total. The minimum absolute atomic E-state index is 0.290. The lowest BCUT2D eigenvalue weighted by Gasteiger charge is -2.32. The number of rotatable bonds is 3. The molecule has 23 heavy (non-hydrogen) atoms. The van der Waals surface area contributed by atoms with Gasteiger partial charge in [-0.05, 0) is 30.5 Å². The summed E-state index contributed by atoms with van der Waals surface area (Å²) in [5.74, 6) is -0.510. The van der Waals surface area contributed by atoms with Crippen molar-refractivity contribution in [2.75, 3.05) is 18.0 Å². The number of pyridine rings is 1. The monoisotopic (exact) mass is 328 g/mol. The van der Waals surface area contributed by atoms with Crippen molar-refractivity contribution in [3.8, 4) is 0 Å². The molecule has 3 aromatic heterocycles. The highest BCUT2D eigenvalue weighted by atomic mass is 32.1. The van der Waals surface area contributed by atoms with E-state index in [1.807, 2.05) is 6.07 Å². The molecule has 0 bridgehead atoms. The molecule has 4 heterocycles. The number of piperidine rings is 1. The number of fused-ring (bicyclic) bond motifs is 1. The van der Waals surface area contributed by atoms with Crippen LogP contribution in [0.5, 0.6) is 0 Å². The summed E-state index contributed by atoms with van der Waals surface area (Å²) < 4.78 is 0. The topological polar surface area (TPSA) is 82.1 Å². The SMILES string of the molecule is O=C(O)c1cnc(N2CCCC(c3c[nH]c4ncccc34)C2)s1. The maximum atomic E-state index is 11.0. The van der Waals surface area contributed by atoms with Crippen LogP contribution < -0.4 is 4.90 Å². The zero-order valence-electron chi connectivity index (χ0n) is 12.4. The standard InChI is InChI=1S/C16H16N4O2S/c21-15(22)13-8-19-16(23-13)20-6-2-3-10(9-20)12-7-18-14-11(12)4-1-5-17-14/h1,4-5,7-8,10H,2-3,6,9H2,(H,17,18)(H,21,22). The molecule has 0 aromatic carbocycles. The van der Waals surface area contributed by atoms with Crippen LogP contribution in [0.2, 0.25) is 0 Å². The molecule has 1 aliphatic heterocycles. The van der Waals surface area contributed by atoms with Crippen molar-refractivity contribution in [3.63, 3.8) is 0 Å². The molecular formula is C16H16N4O2S. The number of carboxylic acids is 1. The van der Waals surface area contributed by atoms with Gasteiger partial charge in [0.1, 0.15) is 10.5 Å². The van der Waals surface area contributed by atoms with E-state index in [-0.39, 0.29) is 0 Å². The second kappa shape index (κ2) is 5.66. The molecule has 0 aliphatic carbocycles. The van der Waals surface area contributed by atoms with Gasteiger partial charge in [-0.25, -0.2) is 14.8 Å². The van der Waals surface area contributed by atoms with E-state index in [0.717, 1.165) is 36.7 Å². The molecule has 1 saturated heterocycles. The van der Waals surface area contributed by atoms with E-state index in [9.17, 15) is 4.79 Å². The molecule has 1 aliphatic rings. The Kier molecular flexibility index (Phi) is 3.49. The number of H-pyrrole nitrogens is 1. The Bertz CT molecular complexity index is 857. The smallest absolute Gasteiger partial charge is 0.347 e. The Morgan fingerprint density at radius 1 is 1.43 bits per heavy atom. The van der Waals surface area contributed by atoms with Crippen LogP contribution in [0.3, 0.4) is 0 Å². The number of nitrogens with zero attached hydrogens (tertiary/aromatic N) is 3. The molecule has 118 valence electrons. The van der Waals surface area contributed by atoms with Crippen LogP contribution in [0.25, 0.3) is 11.0 Å². The third-order valence-electron chi connectivity index (χ3n) is 4.32. The fourth-order valence-corrected chi connectivity index (χ4v) is 4.02. The van der Waals surface area contributed by atoms with Crippen LogP contribution in [0.15, 0.2) is 30.7 Å². The molecule has 1 unspecified atom stereocenters. The average Bonchev–Trinajstić information content (AvgIpc) is 3.22. The first-order valence-corrected chi connectivity index (χ1v) is 8.40. The summed E-state index contributed by atoms with van der Waals surface area (Å²) in [6.07, 6.45) is 7.48. The average molecular weight is 328 g/mol. The Labute approximate surface area is 136 Å². The van der Waals surface area contributed by atoms with Gasteiger partial charge in [-0.3, -0.25) is 0 Å². The molecule has 0 amide bonds. The number of carbonyl (C=O) groups is 1. The third-order valence-corrected chi connectivity index (χ3v) is 5.37. The number of aromatic amines is 1. The normalized spacial score (nSPS) is 18.4. The molecule has 1 fully saturated rings. The number of aromatic nitrogens is 3. The first-order valence-electron chi connectivity index (χ1n) is 7.58. The van der Waals surface area contributed by atoms with Gasteiger partial charge in [-0.1, -0.05) is 11.3 Å². The van der Waals surface area contributed by atoms with Crippen LogP contribution in [-0.4, -0.2) is 39.1 Å². The largest absolute Gasteiger partial charge is 0.477 e. The van der Waals surface area contributed by atoms with Crippen LogP contribution in [-0.2, 0) is 0 Å². The predicted molar refractivity (Wildman–Crippen MR) is 89.4 cm³/mol. The zero-order valence-corrected chi connectivity index (χ0v) is 13.2. The molecular weight excluding hydrogens is 312 g/mol. The van der Waals surface area contributed by atoms with Crippen LogP contribution in [0.4, 0.5) is 5.13 Å². The van der Waals surface area contributed by atoms with Crippen molar-refractivity contribution in [2.24, 2.45) is 0 Å². The first kappa shape index (κ1) is 14.2. The van der Waals surface area contributed by atoms with Gasteiger partial charge < -0.3 is 15.0 Å². The van der Waals surface area contributed by atoms with Crippen molar-refractivity contribution >= 4 is 33.5 Å². The summed E-state index contributed by atoms with van der Waals surface area (Å²) in [6, 6.07) is 4.05. The molecule has 2 N–H and O–H groups in total. The van der Waals surface area contributed by atoms with Gasteiger partial charge in [0, 0.05) is 36.8 Å². The van der Waals surface area contributed by atoms with Crippen LogP contribution >= 0.6 is 11.3 Å². The minimum atomic E-state index is -0.912. The number of hydrogen-bond donors (Lipinski definition) is 2. The van der Waals surface area contributed by atoms with Crippen molar-refractivity contribution in [3.05, 3.63) is 41.2 Å². The van der Waals surface area contributed by atoms with Crippen molar-refractivity contribution in [2.45, 2.75) is 18.8 Å². The minimum Gasteiger partial charge on any atom is -0.477 e. The van der Waals surface area contributed by atoms with Gasteiger partial charge in [-0.2, -0.15) is 0 Å². The molecule has 0 saturated carbocycles. The number of carboxylic acid groups (broad SMARTS) is 1. The summed E-state index contributed by atoms with van der Waals surface area (Å²) >= 11 is 1.25. The van der Waals surface area contributed by atoms with E-state index in [0.29, 0.717) is 10.8 Å². The summed E-state index contributed by atoms with van der Waals surface area (Å²) in [4.78, 5) is 25.4. The van der Waals surface area contributed by atoms with Crippen LogP contribution in [0.1, 0.15) is 34.0 Å². The molecule has 3 aromatic rings. The summed E-state index contributed by atoms with van der Waals surface area (Å²) in [6.45, 7) is 1.78. The lowest BCUT2D eigenvalue weighted by atomic mass is 9.91. The summed E-state index contributed by atoms with van der Waals surface area (Å²) in [7, 11) is 0. The van der Waals surface area contributed by atoms with E-state index in [1.165, 1.54) is 28.5 Å². The van der Waals surface area contributed by atoms with Crippen LogP contribution in [0, 0.1) is 0 Å². The van der Waals surface area contributed by atoms with Gasteiger partial charge in [0.2, 0.25) is 0 Å². The van der Waals surface area contributed by atoms with E-state index in [1.54, 1.807) is 6.20 Å². The molecule has 7 heteroatoms. The molecule has 1 atom stereocenters. The number of anilines is 1.